The molecule has 8 heteroatoms. The predicted octanol–water partition coefficient (Wildman–Crippen LogP) is 2.33. The van der Waals surface area contributed by atoms with Crippen molar-refractivity contribution in [3.05, 3.63) is 29.6 Å². The van der Waals surface area contributed by atoms with Crippen molar-refractivity contribution in [1.82, 2.24) is 35.2 Å². The third kappa shape index (κ3) is 4.00. The van der Waals surface area contributed by atoms with Crippen molar-refractivity contribution in [1.29, 1.82) is 0 Å². The number of likely N-dealkylation sites (tertiary alicyclic amines) is 1. The van der Waals surface area contributed by atoms with Crippen molar-refractivity contribution in [2.24, 2.45) is 0 Å². The van der Waals surface area contributed by atoms with Gasteiger partial charge in [0, 0.05) is 23.8 Å². The summed E-state index contributed by atoms with van der Waals surface area (Å²) in [5, 5.41) is 14.6. The average Bonchev–Trinajstić information content (AvgIpc) is 3.11. The molecule has 136 valence electrons. The van der Waals surface area contributed by atoms with Crippen LogP contribution in [-0.4, -0.2) is 48.5 Å². The van der Waals surface area contributed by atoms with Gasteiger partial charge in [-0.2, -0.15) is 10.2 Å². The average molecular weight is 345 g/mol. The van der Waals surface area contributed by atoms with Crippen molar-refractivity contribution >= 4 is 6.03 Å². The van der Waals surface area contributed by atoms with Gasteiger partial charge in [0.1, 0.15) is 12.7 Å². The predicted molar refractivity (Wildman–Crippen MR) is 94.0 cm³/mol. The molecular formula is C17H27N7O. The highest BCUT2D eigenvalue weighted by Crippen LogP contribution is 2.33. The molecule has 8 nitrogen and oxygen atoms in total. The van der Waals surface area contributed by atoms with Gasteiger partial charge in [0.15, 0.2) is 0 Å². The first-order valence-corrected chi connectivity index (χ1v) is 8.97. The first kappa shape index (κ1) is 17.4. The third-order valence-electron chi connectivity index (χ3n) is 4.83. The van der Waals surface area contributed by atoms with Crippen LogP contribution in [0.25, 0.3) is 0 Å². The van der Waals surface area contributed by atoms with E-state index in [1.165, 1.54) is 11.9 Å². The first-order valence-electron chi connectivity index (χ1n) is 8.97. The van der Waals surface area contributed by atoms with Crippen molar-refractivity contribution in [3.63, 3.8) is 0 Å². The summed E-state index contributed by atoms with van der Waals surface area (Å²) in [5.74, 6) is 0. The number of aryl methyl sites for hydroxylation is 2. The summed E-state index contributed by atoms with van der Waals surface area (Å²) in [6.45, 7) is 7.40. The monoisotopic (exact) mass is 345 g/mol. The lowest BCUT2D eigenvalue weighted by Gasteiger charge is -2.32. The van der Waals surface area contributed by atoms with Crippen LogP contribution in [0, 0.1) is 13.8 Å². The zero-order chi connectivity index (χ0) is 17.8. The SMILES string of the molecule is Cc1n[nH]c(C)c1[C@H]1CCCCCN1C(=O)N[C@@H](C)Cn1cncn1. The topological polar surface area (TPSA) is 91.7 Å². The van der Waals surface area contributed by atoms with Gasteiger partial charge in [0.05, 0.1) is 18.3 Å². The molecule has 0 unspecified atom stereocenters. The van der Waals surface area contributed by atoms with E-state index in [4.69, 9.17) is 0 Å². The number of carbonyl (C=O) groups excluding carboxylic acids is 1. The van der Waals surface area contributed by atoms with Crippen molar-refractivity contribution in [2.45, 2.75) is 65.1 Å². The Hall–Kier alpha value is -2.38. The van der Waals surface area contributed by atoms with Crippen LogP contribution in [0.1, 0.15) is 55.6 Å². The number of aromatic nitrogens is 5. The zero-order valence-corrected chi connectivity index (χ0v) is 15.2. The van der Waals surface area contributed by atoms with Crippen molar-refractivity contribution in [3.8, 4) is 0 Å². The molecule has 2 aromatic rings. The summed E-state index contributed by atoms with van der Waals surface area (Å²) < 4.78 is 1.73. The lowest BCUT2D eigenvalue weighted by molar-refractivity contribution is 0.171. The highest BCUT2D eigenvalue weighted by atomic mass is 16.2. The maximum Gasteiger partial charge on any atom is 0.318 e. The summed E-state index contributed by atoms with van der Waals surface area (Å²) >= 11 is 0. The number of urea groups is 1. The first-order chi connectivity index (χ1) is 12.1. The quantitative estimate of drug-likeness (QED) is 0.889. The van der Waals surface area contributed by atoms with E-state index in [2.05, 4.69) is 25.6 Å². The van der Waals surface area contributed by atoms with E-state index in [1.807, 2.05) is 25.7 Å². The van der Waals surface area contributed by atoms with Crippen LogP contribution in [-0.2, 0) is 6.54 Å². The molecule has 3 rings (SSSR count). The van der Waals surface area contributed by atoms with Crippen molar-refractivity contribution in [2.75, 3.05) is 6.54 Å². The van der Waals surface area contributed by atoms with Gasteiger partial charge in [-0.3, -0.25) is 9.78 Å². The van der Waals surface area contributed by atoms with Crippen LogP contribution < -0.4 is 5.32 Å². The highest BCUT2D eigenvalue weighted by Gasteiger charge is 2.30. The number of amides is 2. The van der Waals surface area contributed by atoms with Gasteiger partial charge in [-0.1, -0.05) is 12.8 Å². The van der Waals surface area contributed by atoms with E-state index in [-0.39, 0.29) is 18.1 Å². The zero-order valence-electron chi connectivity index (χ0n) is 15.2. The Labute approximate surface area is 148 Å². The van der Waals surface area contributed by atoms with Gasteiger partial charge in [0.2, 0.25) is 0 Å². The van der Waals surface area contributed by atoms with E-state index in [0.29, 0.717) is 6.54 Å². The van der Waals surface area contributed by atoms with Gasteiger partial charge in [-0.25, -0.2) is 9.78 Å². The van der Waals surface area contributed by atoms with Crippen LogP contribution >= 0.6 is 0 Å². The Bertz CT molecular complexity index is 674. The molecule has 25 heavy (non-hydrogen) atoms. The second kappa shape index (κ2) is 7.67. The maximum atomic E-state index is 13.0. The second-order valence-electron chi connectivity index (χ2n) is 6.87. The fourth-order valence-electron chi connectivity index (χ4n) is 3.65. The molecule has 0 saturated carbocycles. The molecule has 0 aliphatic carbocycles. The number of rotatable bonds is 4. The van der Waals surface area contributed by atoms with Gasteiger partial charge in [0.25, 0.3) is 0 Å². The van der Waals surface area contributed by atoms with Gasteiger partial charge in [-0.15, -0.1) is 0 Å². The van der Waals surface area contributed by atoms with E-state index in [9.17, 15) is 4.79 Å². The van der Waals surface area contributed by atoms with Gasteiger partial charge < -0.3 is 10.2 Å². The lowest BCUT2D eigenvalue weighted by Crippen LogP contribution is -2.46. The van der Waals surface area contributed by atoms with E-state index < -0.39 is 0 Å². The summed E-state index contributed by atoms with van der Waals surface area (Å²) in [7, 11) is 0. The minimum Gasteiger partial charge on any atom is -0.334 e. The number of hydrogen-bond donors (Lipinski definition) is 2. The molecule has 2 amide bonds. The minimum absolute atomic E-state index is 0.0143. The van der Waals surface area contributed by atoms with Crippen LogP contribution in [0.15, 0.2) is 12.7 Å². The summed E-state index contributed by atoms with van der Waals surface area (Å²) in [6, 6.07) is 0.0454. The molecule has 0 aromatic carbocycles. The molecule has 1 saturated heterocycles. The number of aromatic amines is 1. The molecule has 2 N–H and O–H groups in total. The molecule has 2 aromatic heterocycles. The highest BCUT2D eigenvalue weighted by molar-refractivity contribution is 5.75. The number of hydrogen-bond acceptors (Lipinski definition) is 4. The number of carbonyl (C=O) groups is 1. The Morgan fingerprint density at radius 1 is 1.40 bits per heavy atom. The molecule has 3 heterocycles. The van der Waals surface area contributed by atoms with E-state index in [0.717, 1.165) is 43.6 Å². The number of nitrogens with one attached hydrogen (secondary N) is 2. The third-order valence-corrected chi connectivity index (χ3v) is 4.83. The Morgan fingerprint density at radius 2 is 2.24 bits per heavy atom. The Balaban J connectivity index is 1.73. The minimum atomic E-state index is -0.0235. The molecule has 0 radical (unpaired) electrons. The van der Waals surface area contributed by atoms with E-state index >= 15 is 0 Å². The second-order valence-corrected chi connectivity index (χ2v) is 6.87. The molecule has 1 fully saturated rings. The van der Waals surface area contributed by atoms with Crippen molar-refractivity contribution < 1.29 is 4.79 Å². The fourth-order valence-corrected chi connectivity index (χ4v) is 3.65. The normalized spacial score (nSPS) is 19.5. The summed E-state index contributed by atoms with van der Waals surface area (Å²) in [5.41, 5.74) is 3.21. The fraction of sp³-hybridized carbons (Fsp3) is 0.647. The largest absolute Gasteiger partial charge is 0.334 e. The van der Waals surface area contributed by atoms with E-state index in [1.54, 1.807) is 11.0 Å². The Morgan fingerprint density at radius 3 is 2.92 bits per heavy atom. The van der Waals surface area contributed by atoms with Crippen LogP contribution in [0.3, 0.4) is 0 Å². The summed E-state index contributed by atoms with van der Waals surface area (Å²) in [4.78, 5) is 18.9. The molecule has 0 bridgehead atoms. The smallest absolute Gasteiger partial charge is 0.318 e. The van der Waals surface area contributed by atoms with Crippen LogP contribution in [0.4, 0.5) is 4.79 Å². The maximum absolute atomic E-state index is 13.0. The van der Waals surface area contributed by atoms with Crippen LogP contribution in [0.5, 0.6) is 0 Å². The van der Waals surface area contributed by atoms with Gasteiger partial charge >= 0.3 is 6.03 Å². The number of H-pyrrole nitrogens is 1. The lowest BCUT2D eigenvalue weighted by atomic mass is 9.99. The molecular weight excluding hydrogens is 318 g/mol. The Kier molecular flexibility index (Phi) is 5.35. The van der Waals surface area contributed by atoms with Crippen LogP contribution in [0.2, 0.25) is 0 Å². The van der Waals surface area contributed by atoms with Gasteiger partial charge in [-0.05, 0) is 33.6 Å². The molecule has 1 aliphatic heterocycles. The molecule has 1 aliphatic rings. The molecule has 0 spiro atoms. The summed E-state index contributed by atoms with van der Waals surface area (Å²) in [6.07, 6.45) is 7.47. The molecule has 2 atom stereocenters. The standard InChI is InChI=1S/C17H27N7O/c1-12(9-23-11-18-10-19-23)20-17(25)24-8-6-4-5-7-15(24)16-13(2)21-22-14(16)3/h10-12,15H,4-9H2,1-3H3,(H,20,25)(H,21,22)/t12-,15+/m0/s1. The number of nitrogens with zero attached hydrogens (tertiary/aromatic N) is 5.